The van der Waals surface area contributed by atoms with Crippen LogP contribution >= 0.6 is 0 Å². The zero-order chi connectivity index (χ0) is 41.2. The summed E-state index contributed by atoms with van der Waals surface area (Å²) >= 11 is 0. The largest absolute Gasteiger partial charge is 0.453 e. The molecule has 8 rings (SSSR count). The molecule has 3 aliphatic rings. The Morgan fingerprint density at radius 1 is 0.814 bits per heavy atom. The summed E-state index contributed by atoms with van der Waals surface area (Å²) < 4.78 is 10.2. The highest BCUT2D eigenvalue weighted by Crippen LogP contribution is 2.56. The van der Waals surface area contributed by atoms with E-state index >= 15 is 0 Å². The summed E-state index contributed by atoms with van der Waals surface area (Å²) in [6.45, 7) is 7.08. The SMILES string of the molecule is COC(=O)N[C@H](C(=O)N1CCC[C@H]1c1ncc(-c2ccc(-c3ccc(-c4cnc([C@H]5C6CCC(C6)[C@@H]5C(=O)NCc5cncc(C(C)C)c5)[nH]4)cc3)cc2)[nH]1)[C@@H](C)OC. The van der Waals surface area contributed by atoms with Crippen LogP contribution in [0.15, 0.2) is 79.4 Å². The average molecular weight is 799 g/mol. The topological polar surface area (TPSA) is 167 Å². The van der Waals surface area contributed by atoms with Crippen LogP contribution in [0.3, 0.4) is 0 Å². The molecule has 3 fully saturated rings. The fraction of sp³-hybridized carbons (Fsp3) is 0.435. The van der Waals surface area contributed by atoms with Crippen LogP contribution in [-0.4, -0.2) is 80.6 Å². The number of benzene rings is 2. The summed E-state index contributed by atoms with van der Waals surface area (Å²) in [5.41, 5.74) is 8.19. The molecule has 0 radical (unpaired) electrons. The van der Waals surface area contributed by atoms with Gasteiger partial charge in [-0.15, -0.1) is 0 Å². The monoisotopic (exact) mass is 798 g/mol. The number of aromatic nitrogens is 5. The van der Waals surface area contributed by atoms with Crippen molar-refractivity contribution in [3.8, 4) is 33.6 Å². The van der Waals surface area contributed by atoms with Crippen molar-refractivity contribution in [2.75, 3.05) is 20.8 Å². The molecular weight excluding hydrogens is 745 g/mol. The van der Waals surface area contributed by atoms with E-state index in [1.54, 1.807) is 18.0 Å². The number of nitrogens with one attached hydrogen (secondary N) is 4. The number of methoxy groups -OCH3 is 2. The summed E-state index contributed by atoms with van der Waals surface area (Å²) in [7, 11) is 2.77. The first-order valence-electron chi connectivity index (χ1n) is 20.8. The highest BCUT2D eigenvalue weighted by Gasteiger charge is 2.52. The molecule has 308 valence electrons. The van der Waals surface area contributed by atoms with Gasteiger partial charge < -0.3 is 35.0 Å². The van der Waals surface area contributed by atoms with E-state index < -0.39 is 18.2 Å². The number of hydrogen-bond donors (Lipinski definition) is 4. The highest BCUT2D eigenvalue weighted by atomic mass is 16.5. The fourth-order valence-electron chi connectivity index (χ4n) is 9.47. The smallest absolute Gasteiger partial charge is 0.407 e. The molecule has 4 N–H and O–H groups in total. The number of imidazole rings is 2. The molecule has 7 atom stereocenters. The summed E-state index contributed by atoms with van der Waals surface area (Å²) in [5.74, 6) is 2.71. The fourth-order valence-corrected chi connectivity index (χ4v) is 9.47. The number of pyridine rings is 1. The lowest BCUT2D eigenvalue weighted by molar-refractivity contribution is -0.137. The van der Waals surface area contributed by atoms with Crippen LogP contribution < -0.4 is 10.6 Å². The molecule has 1 saturated heterocycles. The van der Waals surface area contributed by atoms with Crippen LogP contribution in [0.1, 0.15) is 93.5 Å². The number of carbonyl (C=O) groups is 3. The van der Waals surface area contributed by atoms with Gasteiger partial charge in [-0.25, -0.2) is 14.8 Å². The van der Waals surface area contributed by atoms with Crippen LogP contribution in [0, 0.1) is 17.8 Å². The number of rotatable bonds is 13. The second-order valence-corrected chi connectivity index (χ2v) is 16.6. The van der Waals surface area contributed by atoms with Crippen molar-refractivity contribution in [2.24, 2.45) is 17.8 Å². The van der Waals surface area contributed by atoms with Crippen molar-refractivity contribution in [1.82, 2.24) is 40.5 Å². The van der Waals surface area contributed by atoms with E-state index in [-0.39, 0.29) is 29.7 Å². The molecule has 2 unspecified atom stereocenters. The van der Waals surface area contributed by atoms with Gasteiger partial charge in [0, 0.05) is 38.5 Å². The third kappa shape index (κ3) is 8.25. The second-order valence-electron chi connectivity index (χ2n) is 16.6. The van der Waals surface area contributed by atoms with Crippen LogP contribution in [0.4, 0.5) is 4.79 Å². The number of fused-ring (bicyclic) bond motifs is 2. The maximum atomic E-state index is 13.7. The quantitative estimate of drug-likeness (QED) is 0.0949. The lowest BCUT2D eigenvalue weighted by atomic mass is 9.78. The van der Waals surface area contributed by atoms with Crippen molar-refractivity contribution in [3.05, 3.63) is 102 Å². The summed E-state index contributed by atoms with van der Waals surface area (Å²) in [6.07, 6.45) is 11.1. The third-order valence-electron chi connectivity index (χ3n) is 12.8. The number of amides is 3. The summed E-state index contributed by atoms with van der Waals surface area (Å²) in [6, 6.07) is 17.8. The van der Waals surface area contributed by atoms with Crippen LogP contribution in [0.25, 0.3) is 33.6 Å². The maximum absolute atomic E-state index is 13.7. The highest BCUT2D eigenvalue weighted by molar-refractivity contribution is 5.87. The Hall–Kier alpha value is -5.82. The molecular formula is C46H54N8O5. The Labute approximate surface area is 345 Å². The van der Waals surface area contributed by atoms with E-state index in [1.807, 2.05) is 18.6 Å². The van der Waals surface area contributed by atoms with E-state index in [9.17, 15) is 14.4 Å². The predicted molar refractivity (Wildman–Crippen MR) is 224 cm³/mol. The van der Waals surface area contributed by atoms with Gasteiger partial charge in [-0.05, 0) is 90.2 Å². The minimum Gasteiger partial charge on any atom is -0.453 e. The molecule has 4 heterocycles. The van der Waals surface area contributed by atoms with Crippen molar-refractivity contribution >= 4 is 17.9 Å². The number of nitrogens with zero attached hydrogens (tertiary/aromatic N) is 4. The van der Waals surface area contributed by atoms with Gasteiger partial charge in [-0.2, -0.15) is 0 Å². The Morgan fingerprint density at radius 3 is 2.08 bits per heavy atom. The number of alkyl carbamates (subject to hydrolysis) is 1. The molecule has 59 heavy (non-hydrogen) atoms. The standard InChI is InChI=1S/C46H54N8O5/c1-26(2)35-19-28(21-47-23-35)22-50-44(55)40-34-17-16-33(20-34)39(40)43-49-25-37(52-43)32-14-10-30(11-15-32)29-8-12-31(13-9-29)36-24-48-42(51-36)38-7-6-18-54(38)45(56)41(27(3)58-4)53-46(57)59-5/h8-15,19,21,23-27,33-34,38-41H,6-7,16-18,20,22H2,1-5H3,(H,48,51)(H,49,52)(H,50,55)(H,53,57)/t27-,33?,34?,38+,39+,40+,41+/m1/s1. The lowest BCUT2D eigenvalue weighted by Gasteiger charge is -2.30. The van der Waals surface area contributed by atoms with Gasteiger partial charge in [0.2, 0.25) is 11.8 Å². The van der Waals surface area contributed by atoms with E-state index in [4.69, 9.17) is 14.5 Å². The minimum atomic E-state index is -0.886. The Balaban J connectivity index is 0.911. The summed E-state index contributed by atoms with van der Waals surface area (Å²) in [4.78, 5) is 62.2. The zero-order valence-electron chi connectivity index (χ0n) is 34.4. The van der Waals surface area contributed by atoms with Crippen molar-refractivity contribution in [2.45, 2.75) is 89.4 Å². The summed E-state index contributed by atoms with van der Waals surface area (Å²) in [5, 5.41) is 5.87. The maximum Gasteiger partial charge on any atom is 0.407 e. The van der Waals surface area contributed by atoms with Gasteiger partial charge in [-0.3, -0.25) is 14.6 Å². The predicted octanol–water partition coefficient (Wildman–Crippen LogP) is 7.52. The Kier molecular flexibility index (Phi) is 11.6. The van der Waals surface area contributed by atoms with Crippen molar-refractivity contribution < 1.29 is 23.9 Å². The van der Waals surface area contributed by atoms with Crippen LogP contribution in [0.2, 0.25) is 0 Å². The first kappa shape index (κ1) is 40.0. The average Bonchev–Trinajstić information content (AvgIpc) is 4.13. The van der Waals surface area contributed by atoms with Crippen LogP contribution in [0.5, 0.6) is 0 Å². The first-order chi connectivity index (χ1) is 28.6. The molecule has 0 spiro atoms. The first-order valence-corrected chi connectivity index (χ1v) is 20.8. The molecule has 5 aromatic rings. The number of aromatic amines is 2. The molecule has 2 aliphatic carbocycles. The lowest BCUT2D eigenvalue weighted by Crippen LogP contribution is -2.54. The molecule has 3 amide bonds. The van der Waals surface area contributed by atoms with Gasteiger partial charge >= 0.3 is 6.09 Å². The van der Waals surface area contributed by atoms with Gasteiger partial charge in [0.05, 0.1) is 49.0 Å². The van der Waals surface area contributed by atoms with E-state index in [0.29, 0.717) is 36.7 Å². The van der Waals surface area contributed by atoms with E-state index in [0.717, 1.165) is 77.1 Å². The van der Waals surface area contributed by atoms with E-state index in [1.165, 1.54) is 19.8 Å². The minimum absolute atomic E-state index is 0.0818. The number of H-pyrrole nitrogens is 2. The molecule has 1 aliphatic heterocycles. The normalized spacial score (nSPS) is 22.1. The van der Waals surface area contributed by atoms with Gasteiger partial charge in [0.25, 0.3) is 0 Å². The number of likely N-dealkylation sites (tertiary alicyclic amines) is 1. The molecule has 2 saturated carbocycles. The van der Waals surface area contributed by atoms with Gasteiger partial charge in [0.1, 0.15) is 17.7 Å². The van der Waals surface area contributed by atoms with Gasteiger partial charge in [0.15, 0.2) is 0 Å². The Morgan fingerprint density at radius 2 is 1.44 bits per heavy atom. The van der Waals surface area contributed by atoms with Crippen molar-refractivity contribution in [1.29, 1.82) is 0 Å². The van der Waals surface area contributed by atoms with Crippen molar-refractivity contribution in [3.63, 3.8) is 0 Å². The molecule has 2 aromatic carbocycles. The number of hydrogen-bond acceptors (Lipinski definition) is 8. The molecule has 13 heteroatoms. The second kappa shape index (κ2) is 17.2. The van der Waals surface area contributed by atoms with Gasteiger partial charge in [-0.1, -0.05) is 68.4 Å². The molecule has 13 nitrogen and oxygen atoms in total. The zero-order valence-corrected chi connectivity index (χ0v) is 34.4. The molecule has 3 aromatic heterocycles. The number of carbonyl (C=O) groups excluding carboxylic acids is 3. The van der Waals surface area contributed by atoms with Crippen LogP contribution in [-0.2, 0) is 25.6 Å². The van der Waals surface area contributed by atoms with E-state index in [2.05, 4.69) is 99.0 Å². The molecule has 2 bridgehead atoms. The number of ether oxygens (including phenoxy) is 2. The third-order valence-corrected chi connectivity index (χ3v) is 12.8. The Bertz CT molecular complexity index is 2270.